The van der Waals surface area contributed by atoms with Crippen LogP contribution in [0.3, 0.4) is 0 Å². The maximum atomic E-state index is 12.5. The lowest BCUT2D eigenvalue weighted by Gasteiger charge is -2.13. The normalized spacial score (nSPS) is 17.6. The van der Waals surface area contributed by atoms with E-state index in [2.05, 4.69) is 15.0 Å². The fraction of sp³-hybridized carbons (Fsp3) is 0.375. The predicted octanol–water partition coefficient (Wildman–Crippen LogP) is 3.34. The van der Waals surface area contributed by atoms with Gasteiger partial charge in [0.25, 0.3) is 0 Å². The van der Waals surface area contributed by atoms with E-state index in [0.717, 1.165) is 12.8 Å². The molecule has 7 heteroatoms. The molecule has 0 saturated carbocycles. The van der Waals surface area contributed by atoms with Crippen LogP contribution < -0.4 is 10.1 Å². The fourth-order valence-electron chi connectivity index (χ4n) is 2.66. The minimum atomic E-state index is -2.93. The molecule has 1 unspecified atom stereocenters. The standard InChI is InChI=1S/C16H16F2N2O3/c17-16(18)23-13-6-5-12(11-4-1-7-19-15(11)13)20-14(21)9-10-3-2-8-22-10/h1,4-7,10,16H,2-3,8-9H2,(H,20,21). The number of alkyl halides is 2. The quantitative estimate of drug-likeness (QED) is 0.917. The molecule has 5 nitrogen and oxygen atoms in total. The van der Waals surface area contributed by atoms with Crippen molar-refractivity contribution in [3.05, 3.63) is 30.5 Å². The average Bonchev–Trinajstić information content (AvgIpc) is 3.02. The van der Waals surface area contributed by atoms with Crippen molar-refractivity contribution in [1.82, 2.24) is 4.98 Å². The maximum Gasteiger partial charge on any atom is 0.387 e. The van der Waals surface area contributed by atoms with Crippen LogP contribution in [0.1, 0.15) is 19.3 Å². The van der Waals surface area contributed by atoms with Gasteiger partial charge in [-0.15, -0.1) is 0 Å². The first-order valence-corrected chi connectivity index (χ1v) is 7.37. The van der Waals surface area contributed by atoms with Gasteiger partial charge in [0.05, 0.1) is 18.2 Å². The van der Waals surface area contributed by atoms with Gasteiger partial charge in [-0.1, -0.05) is 0 Å². The van der Waals surface area contributed by atoms with Gasteiger partial charge in [0, 0.05) is 18.2 Å². The highest BCUT2D eigenvalue weighted by Crippen LogP contribution is 2.31. The molecule has 0 aliphatic carbocycles. The molecule has 1 aromatic heterocycles. The number of hydrogen-bond donors (Lipinski definition) is 1. The zero-order chi connectivity index (χ0) is 16.2. The summed E-state index contributed by atoms with van der Waals surface area (Å²) in [4.78, 5) is 16.2. The molecule has 1 saturated heterocycles. The number of aromatic nitrogens is 1. The number of amides is 1. The van der Waals surface area contributed by atoms with E-state index in [-0.39, 0.29) is 29.7 Å². The summed E-state index contributed by atoms with van der Waals surface area (Å²) in [6.07, 6.45) is 3.54. The number of benzene rings is 1. The second kappa shape index (κ2) is 6.87. The van der Waals surface area contributed by atoms with E-state index in [1.807, 2.05) is 0 Å². The molecule has 0 radical (unpaired) electrons. The van der Waals surface area contributed by atoms with Gasteiger partial charge in [-0.2, -0.15) is 8.78 Å². The van der Waals surface area contributed by atoms with Crippen LogP contribution in [0.4, 0.5) is 14.5 Å². The number of anilines is 1. The SMILES string of the molecule is O=C(CC1CCCO1)Nc1ccc(OC(F)F)c2ncccc12. The molecule has 1 N–H and O–H groups in total. The number of nitrogens with one attached hydrogen (secondary N) is 1. The van der Waals surface area contributed by atoms with Crippen molar-refractivity contribution in [3.63, 3.8) is 0 Å². The molecular formula is C16H16F2N2O3. The number of nitrogens with zero attached hydrogens (tertiary/aromatic N) is 1. The summed E-state index contributed by atoms with van der Waals surface area (Å²) in [5.74, 6) is -0.197. The zero-order valence-electron chi connectivity index (χ0n) is 12.3. The second-order valence-electron chi connectivity index (χ2n) is 5.28. The maximum absolute atomic E-state index is 12.5. The molecule has 23 heavy (non-hydrogen) atoms. The Morgan fingerprint density at radius 2 is 2.30 bits per heavy atom. The van der Waals surface area contributed by atoms with Gasteiger partial charge in [-0.3, -0.25) is 9.78 Å². The lowest BCUT2D eigenvalue weighted by atomic mass is 10.1. The van der Waals surface area contributed by atoms with Crippen molar-refractivity contribution >= 4 is 22.5 Å². The van der Waals surface area contributed by atoms with E-state index >= 15 is 0 Å². The molecule has 3 rings (SSSR count). The van der Waals surface area contributed by atoms with Crippen molar-refractivity contribution in [3.8, 4) is 5.75 Å². The number of carbonyl (C=O) groups is 1. The summed E-state index contributed by atoms with van der Waals surface area (Å²) in [6, 6.07) is 6.28. The largest absolute Gasteiger partial charge is 0.432 e. The number of ether oxygens (including phenoxy) is 2. The molecule has 1 aromatic carbocycles. The minimum Gasteiger partial charge on any atom is -0.432 e. The lowest BCUT2D eigenvalue weighted by molar-refractivity contribution is -0.118. The number of hydrogen-bond acceptors (Lipinski definition) is 4. The Balaban J connectivity index is 1.82. The van der Waals surface area contributed by atoms with Crippen LogP contribution in [-0.2, 0) is 9.53 Å². The predicted molar refractivity (Wildman–Crippen MR) is 80.6 cm³/mol. The van der Waals surface area contributed by atoms with E-state index in [0.29, 0.717) is 17.7 Å². The van der Waals surface area contributed by atoms with Crippen LogP contribution in [0, 0.1) is 0 Å². The first kappa shape index (κ1) is 15.6. The van der Waals surface area contributed by atoms with Gasteiger partial charge >= 0.3 is 6.61 Å². The summed E-state index contributed by atoms with van der Waals surface area (Å²) in [5, 5.41) is 3.34. The monoisotopic (exact) mass is 322 g/mol. The van der Waals surface area contributed by atoms with Crippen molar-refractivity contribution in [2.24, 2.45) is 0 Å². The minimum absolute atomic E-state index is 0.0206. The number of pyridine rings is 1. The Hall–Kier alpha value is -2.28. The molecule has 0 bridgehead atoms. The van der Waals surface area contributed by atoms with Gasteiger partial charge in [0.2, 0.25) is 5.91 Å². The topological polar surface area (TPSA) is 60.5 Å². The number of rotatable bonds is 5. The highest BCUT2D eigenvalue weighted by atomic mass is 19.3. The van der Waals surface area contributed by atoms with Crippen molar-refractivity contribution in [2.45, 2.75) is 32.0 Å². The molecule has 1 fully saturated rings. The Bertz CT molecular complexity index is 703. The highest BCUT2D eigenvalue weighted by molar-refractivity contribution is 6.02. The third-order valence-electron chi connectivity index (χ3n) is 3.66. The third-order valence-corrected chi connectivity index (χ3v) is 3.66. The first-order chi connectivity index (χ1) is 11.1. The summed E-state index contributed by atoms with van der Waals surface area (Å²) in [5.41, 5.74) is 0.792. The van der Waals surface area contributed by atoms with E-state index in [9.17, 15) is 13.6 Å². The van der Waals surface area contributed by atoms with E-state index in [1.165, 1.54) is 18.3 Å². The summed E-state index contributed by atoms with van der Waals surface area (Å²) >= 11 is 0. The summed E-state index contributed by atoms with van der Waals surface area (Å²) in [6.45, 7) is -2.25. The molecular weight excluding hydrogens is 306 g/mol. The van der Waals surface area contributed by atoms with Crippen molar-refractivity contribution < 1.29 is 23.0 Å². The van der Waals surface area contributed by atoms with Crippen molar-refractivity contribution in [1.29, 1.82) is 0 Å². The molecule has 0 spiro atoms. The molecule has 1 aliphatic heterocycles. The van der Waals surface area contributed by atoms with E-state index in [4.69, 9.17) is 4.74 Å². The molecule has 122 valence electrons. The zero-order valence-corrected chi connectivity index (χ0v) is 12.3. The smallest absolute Gasteiger partial charge is 0.387 e. The van der Waals surface area contributed by atoms with Crippen LogP contribution in [0.25, 0.3) is 10.9 Å². The molecule has 1 atom stereocenters. The van der Waals surface area contributed by atoms with Gasteiger partial charge in [0.15, 0.2) is 5.75 Å². The Labute approximate surface area is 131 Å². The van der Waals surface area contributed by atoms with Crippen LogP contribution in [-0.4, -0.2) is 30.2 Å². The number of fused-ring (bicyclic) bond motifs is 1. The van der Waals surface area contributed by atoms with Crippen LogP contribution in [0.5, 0.6) is 5.75 Å². The van der Waals surface area contributed by atoms with Crippen molar-refractivity contribution in [2.75, 3.05) is 11.9 Å². The molecule has 2 heterocycles. The summed E-state index contributed by atoms with van der Waals surface area (Å²) in [7, 11) is 0. The highest BCUT2D eigenvalue weighted by Gasteiger charge is 2.20. The molecule has 1 amide bonds. The lowest BCUT2D eigenvalue weighted by Crippen LogP contribution is -2.19. The first-order valence-electron chi connectivity index (χ1n) is 7.37. The summed E-state index contributed by atoms with van der Waals surface area (Å²) < 4.78 is 34.8. The second-order valence-corrected chi connectivity index (χ2v) is 5.28. The third kappa shape index (κ3) is 3.73. The van der Waals surface area contributed by atoms with Crippen LogP contribution in [0.2, 0.25) is 0 Å². The van der Waals surface area contributed by atoms with Gasteiger partial charge in [-0.05, 0) is 37.1 Å². The molecule has 1 aliphatic rings. The van der Waals surface area contributed by atoms with Gasteiger partial charge in [0.1, 0.15) is 5.52 Å². The molecule has 2 aromatic rings. The fourth-order valence-corrected chi connectivity index (χ4v) is 2.66. The van der Waals surface area contributed by atoms with Gasteiger partial charge in [-0.25, -0.2) is 0 Å². The van der Waals surface area contributed by atoms with E-state index in [1.54, 1.807) is 12.1 Å². The Kier molecular flexibility index (Phi) is 4.66. The average molecular weight is 322 g/mol. The van der Waals surface area contributed by atoms with Crippen LogP contribution >= 0.6 is 0 Å². The number of carbonyl (C=O) groups excluding carboxylic acids is 1. The Morgan fingerprint density at radius 1 is 1.43 bits per heavy atom. The van der Waals surface area contributed by atoms with Crippen LogP contribution in [0.15, 0.2) is 30.5 Å². The van der Waals surface area contributed by atoms with Gasteiger partial charge < -0.3 is 14.8 Å². The van der Waals surface area contributed by atoms with E-state index < -0.39 is 6.61 Å². The number of halogens is 2. The Morgan fingerprint density at radius 3 is 3.04 bits per heavy atom.